The fraction of sp³-hybridized carbons (Fsp3) is 0.529. The van der Waals surface area contributed by atoms with Gasteiger partial charge in [-0.25, -0.2) is 4.98 Å². The van der Waals surface area contributed by atoms with Crippen LogP contribution in [0.25, 0.3) is 10.2 Å². The van der Waals surface area contributed by atoms with Crippen LogP contribution < -0.4 is 0 Å². The number of fused-ring (bicyclic) bond motifs is 1. The van der Waals surface area contributed by atoms with Crippen LogP contribution in [0.15, 0.2) is 24.3 Å². The van der Waals surface area contributed by atoms with Crippen molar-refractivity contribution in [2.45, 2.75) is 37.9 Å². The largest absolute Gasteiger partial charge is 0.383 e. The average molecular weight is 332 g/mol. The number of benzene rings is 1. The Morgan fingerprint density at radius 2 is 2.04 bits per heavy atom. The lowest BCUT2D eigenvalue weighted by Crippen LogP contribution is -2.43. The molecule has 2 aromatic rings. The van der Waals surface area contributed by atoms with Crippen LogP contribution in [-0.2, 0) is 4.79 Å². The Balaban J connectivity index is 1.49. The summed E-state index contributed by atoms with van der Waals surface area (Å²) in [5.74, 6) is -0.375. The maximum atomic E-state index is 12.5. The molecule has 1 aromatic heterocycles. The van der Waals surface area contributed by atoms with Crippen molar-refractivity contribution in [3.63, 3.8) is 0 Å². The van der Waals surface area contributed by atoms with Crippen LogP contribution in [-0.4, -0.2) is 45.2 Å². The number of hydrogen-bond acceptors (Lipinski definition) is 5. The van der Waals surface area contributed by atoms with Crippen LogP contribution in [0.5, 0.6) is 0 Å². The number of para-hydroxylation sites is 1. The minimum atomic E-state index is -1.44. The lowest BCUT2D eigenvalue weighted by molar-refractivity contribution is -0.146. The summed E-state index contributed by atoms with van der Waals surface area (Å²) in [7, 11) is 0. The van der Waals surface area contributed by atoms with Crippen LogP contribution in [0.3, 0.4) is 0 Å². The quantitative estimate of drug-likeness (QED) is 0.903. The van der Waals surface area contributed by atoms with E-state index in [1.165, 1.54) is 30.6 Å². The fourth-order valence-corrected chi connectivity index (χ4v) is 4.67. The summed E-state index contributed by atoms with van der Waals surface area (Å²) in [4.78, 5) is 18.5. The second kappa shape index (κ2) is 5.54. The average Bonchev–Trinajstić information content (AvgIpc) is 3.16. The van der Waals surface area contributed by atoms with Gasteiger partial charge < -0.3 is 15.1 Å². The Morgan fingerprint density at radius 3 is 2.70 bits per heavy atom. The first kappa shape index (κ1) is 15.1. The van der Waals surface area contributed by atoms with E-state index >= 15 is 0 Å². The molecule has 6 heteroatoms. The Morgan fingerprint density at radius 1 is 1.26 bits per heavy atom. The second-order valence-corrected chi connectivity index (χ2v) is 7.84. The maximum Gasteiger partial charge on any atom is 0.254 e. The summed E-state index contributed by atoms with van der Waals surface area (Å²) < 4.78 is 0.941. The van der Waals surface area contributed by atoms with Crippen LogP contribution in [0.2, 0.25) is 0 Å². The van der Waals surface area contributed by atoms with Crippen molar-refractivity contribution >= 4 is 27.5 Å². The molecule has 2 aliphatic rings. The molecule has 1 spiro atoms. The van der Waals surface area contributed by atoms with Gasteiger partial charge in [0.05, 0.1) is 10.2 Å². The molecule has 1 saturated heterocycles. The Bertz CT molecular complexity index is 707. The summed E-state index contributed by atoms with van der Waals surface area (Å²) in [6.07, 6.45) is 1.89. The molecule has 2 N–H and O–H groups in total. The highest BCUT2D eigenvalue weighted by Crippen LogP contribution is 2.48. The molecule has 1 saturated carbocycles. The molecule has 1 aliphatic carbocycles. The predicted octanol–water partition coefficient (Wildman–Crippen LogP) is 2.09. The standard InChI is InChI=1S/C17H20N2O3S/c20-13(15-18-11-4-1-2-5-12(11)23-15)14(21)16(22)19-9-8-17(10-19)6-3-7-17/h1-2,4-5,13-14,20-21H,3,6-10H2/t13-,14-/m0/s1. The van der Waals surface area contributed by atoms with Crippen LogP contribution in [0, 0.1) is 5.41 Å². The second-order valence-electron chi connectivity index (χ2n) is 6.77. The third kappa shape index (κ3) is 2.55. The Hall–Kier alpha value is -1.50. The number of nitrogens with zero attached hydrogens (tertiary/aromatic N) is 2. The van der Waals surface area contributed by atoms with Crippen molar-refractivity contribution in [2.24, 2.45) is 5.41 Å². The van der Waals surface area contributed by atoms with E-state index in [0.717, 1.165) is 23.2 Å². The summed E-state index contributed by atoms with van der Waals surface area (Å²) in [5, 5.41) is 21.1. The van der Waals surface area contributed by atoms with E-state index in [9.17, 15) is 15.0 Å². The minimum absolute atomic E-state index is 0.288. The van der Waals surface area contributed by atoms with Crippen molar-refractivity contribution in [1.82, 2.24) is 9.88 Å². The first-order valence-corrected chi connectivity index (χ1v) is 8.90. The van der Waals surface area contributed by atoms with Gasteiger partial charge in [0.25, 0.3) is 5.91 Å². The molecular formula is C17H20N2O3S. The molecule has 23 heavy (non-hydrogen) atoms. The Kier molecular flexibility index (Phi) is 3.63. The van der Waals surface area contributed by atoms with Crippen molar-refractivity contribution in [3.05, 3.63) is 29.3 Å². The molecular weight excluding hydrogens is 312 g/mol. The zero-order valence-corrected chi connectivity index (χ0v) is 13.6. The molecule has 2 fully saturated rings. The van der Waals surface area contributed by atoms with Gasteiger partial charge in [-0.05, 0) is 36.8 Å². The van der Waals surface area contributed by atoms with Crippen LogP contribution >= 0.6 is 11.3 Å². The van der Waals surface area contributed by atoms with Crippen molar-refractivity contribution in [3.8, 4) is 0 Å². The van der Waals surface area contributed by atoms with Gasteiger partial charge >= 0.3 is 0 Å². The number of amides is 1. The van der Waals surface area contributed by atoms with E-state index in [4.69, 9.17) is 0 Å². The summed E-state index contributed by atoms with van der Waals surface area (Å²) in [6.45, 7) is 1.40. The molecule has 0 unspecified atom stereocenters. The minimum Gasteiger partial charge on any atom is -0.383 e. The molecule has 1 aliphatic heterocycles. The lowest BCUT2D eigenvalue weighted by atomic mass is 9.68. The van der Waals surface area contributed by atoms with Crippen molar-refractivity contribution in [1.29, 1.82) is 0 Å². The van der Waals surface area contributed by atoms with Gasteiger partial charge in [0.2, 0.25) is 0 Å². The molecule has 0 radical (unpaired) electrons. The highest BCUT2D eigenvalue weighted by atomic mass is 32.1. The van der Waals surface area contributed by atoms with Gasteiger partial charge in [0.15, 0.2) is 6.10 Å². The van der Waals surface area contributed by atoms with Gasteiger partial charge in [-0.2, -0.15) is 0 Å². The first-order valence-electron chi connectivity index (χ1n) is 8.08. The molecule has 1 amide bonds. The van der Waals surface area contributed by atoms with Gasteiger partial charge in [0, 0.05) is 13.1 Å². The molecule has 4 rings (SSSR count). The van der Waals surface area contributed by atoms with E-state index in [-0.39, 0.29) is 11.3 Å². The monoisotopic (exact) mass is 332 g/mol. The number of aliphatic hydroxyl groups excluding tert-OH is 2. The molecule has 2 heterocycles. The van der Waals surface area contributed by atoms with Crippen molar-refractivity contribution in [2.75, 3.05) is 13.1 Å². The number of likely N-dealkylation sites (tertiary alicyclic amines) is 1. The normalized spacial score (nSPS) is 22.3. The van der Waals surface area contributed by atoms with Crippen LogP contribution in [0.4, 0.5) is 0 Å². The third-order valence-corrected chi connectivity index (χ3v) is 6.39. The number of carbonyl (C=O) groups excluding carboxylic acids is 1. The number of aliphatic hydroxyl groups is 2. The molecule has 5 nitrogen and oxygen atoms in total. The van der Waals surface area contributed by atoms with E-state index in [1.807, 2.05) is 24.3 Å². The van der Waals surface area contributed by atoms with E-state index in [0.29, 0.717) is 11.6 Å². The predicted molar refractivity (Wildman–Crippen MR) is 88.1 cm³/mol. The SMILES string of the molecule is O=C([C@@H](O)[C@H](O)c1nc2ccccc2s1)N1CCC2(CCC2)C1. The lowest BCUT2D eigenvalue weighted by Gasteiger charge is -2.38. The van der Waals surface area contributed by atoms with E-state index < -0.39 is 12.2 Å². The summed E-state index contributed by atoms with van der Waals surface area (Å²) >= 11 is 1.32. The fourth-order valence-electron chi connectivity index (χ4n) is 3.68. The van der Waals surface area contributed by atoms with Crippen molar-refractivity contribution < 1.29 is 15.0 Å². The Labute approximate surface area is 138 Å². The molecule has 0 bridgehead atoms. The maximum absolute atomic E-state index is 12.5. The van der Waals surface area contributed by atoms with E-state index in [2.05, 4.69) is 4.98 Å². The number of rotatable bonds is 3. The van der Waals surface area contributed by atoms with Crippen LogP contribution in [0.1, 0.15) is 36.8 Å². The molecule has 2 atom stereocenters. The summed E-state index contributed by atoms with van der Waals surface area (Å²) in [5.41, 5.74) is 1.07. The third-order valence-electron chi connectivity index (χ3n) is 5.28. The number of hydrogen-bond donors (Lipinski definition) is 2. The number of aromatic nitrogens is 1. The first-order chi connectivity index (χ1) is 11.1. The topological polar surface area (TPSA) is 73.7 Å². The number of thiazole rings is 1. The number of carbonyl (C=O) groups is 1. The smallest absolute Gasteiger partial charge is 0.254 e. The highest BCUT2D eigenvalue weighted by Gasteiger charge is 2.45. The van der Waals surface area contributed by atoms with Gasteiger partial charge in [-0.15, -0.1) is 11.3 Å². The molecule has 122 valence electrons. The summed E-state index contributed by atoms with van der Waals surface area (Å²) in [6, 6.07) is 7.55. The highest BCUT2D eigenvalue weighted by molar-refractivity contribution is 7.18. The van der Waals surface area contributed by atoms with Gasteiger partial charge in [-0.3, -0.25) is 4.79 Å². The van der Waals surface area contributed by atoms with Gasteiger partial charge in [0.1, 0.15) is 11.1 Å². The van der Waals surface area contributed by atoms with Gasteiger partial charge in [-0.1, -0.05) is 18.6 Å². The zero-order chi connectivity index (χ0) is 16.0. The molecule has 1 aromatic carbocycles. The zero-order valence-electron chi connectivity index (χ0n) is 12.8. The van der Waals surface area contributed by atoms with E-state index in [1.54, 1.807) is 4.90 Å².